The van der Waals surface area contributed by atoms with Crippen molar-refractivity contribution in [1.29, 1.82) is 0 Å². The maximum absolute atomic E-state index is 12.2. The summed E-state index contributed by atoms with van der Waals surface area (Å²) in [6, 6.07) is 13.0. The Hall–Kier alpha value is -2.60. The summed E-state index contributed by atoms with van der Waals surface area (Å²) >= 11 is 3.42. The van der Waals surface area contributed by atoms with E-state index in [2.05, 4.69) is 21.2 Å². The molecule has 0 saturated heterocycles. The number of carbonyl (C=O) groups is 2. The molecule has 0 aliphatic heterocycles. The maximum Gasteiger partial charge on any atom is 0.246 e. The van der Waals surface area contributed by atoms with Gasteiger partial charge in [0.2, 0.25) is 11.8 Å². The van der Waals surface area contributed by atoms with Crippen LogP contribution in [0, 0.1) is 6.92 Å². The van der Waals surface area contributed by atoms with E-state index in [0.717, 1.165) is 21.3 Å². The Labute approximate surface area is 161 Å². The third-order valence-corrected chi connectivity index (χ3v) is 4.32. The van der Waals surface area contributed by atoms with E-state index in [4.69, 9.17) is 4.74 Å². The van der Waals surface area contributed by atoms with Crippen LogP contribution in [0.5, 0.6) is 5.75 Å². The van der Waals surface area contributed by atoms with Crippen LogP contribution in [0.4, 0.5) is 5.69 Å². The van der Waals surface area contributed by atoms with Gasteiger partial charge in [-0.05, 0) is 64.3 Å². The van der Waals surface area contributed by atoms with Crippen LogP contribution in [0.25, 0.3) is 6.08 Å². The molecule has 0 atom stereocenters. The Morgan fingerprint density at radius 1 is 1.23 bits per heavy atom. The van der Waals surface area contributed by atoms with Gasteiger partial charge in [-0.15, -0.1) is 0 Å². The summed E-state index contributed by atoms with van der Waals surface area (Å²) in [5.41, 5.74) is 2.61. The van der Waals surface area contributed by atoms with Gasteiger partial charge in [-0.2, -0.15) is 0 Å². The van der Waals surface area contributed by atoms with E-state index in [1.165, 1.54) is 11.0 Å². The fraction of sp³-hybridized carbons (Fsp3) is 0.200. The highest BCUT2D eigenvalue weighted by Gasteiger charge is 2.12. The summed E-state index contributed by atoms with van der Waals surface area (Å²) in [4.78, 5) is 25.7. The zero-order valence-corrected chi connectivity index (χ0v) is 16.5. The molecule has 136 valence electrons. The quantitative estimate of drug-likeness (QED) is 0.726. The second-order valence-electron chi connectivity index (χ2n) is 5.84. The van der Waals surface area contributed by atoms with Crippen LogP contribution in [0.2, 0.25) is 0 Å². The van der Waals surface area contributed by atoms with Crippen molar-refractivity contribution in [2.45, 2.75) is 6.92 Å². The molecule has 6 heteroatoms. The molecule has 0 bridgehead atoms. The van der Waals surface area contributed by atoms with Crippen molar-refractivity contribution in [3.05, 3.63) is 64.1 Å². The van der Waals surface area contributed by atoms with Crippen LogP contribution in [0.15, 0.2) is 53.0 Å². The number of hydrogen-bond donors (Lipinski definition) is 1. The van der Waals surface area contributed by atoms with E-state index < -0.39 is 0 Å². The van der Waals surface area contributed by atoms with Gasteiger partial charge in [0.1, 0.15) is 5.75 Å². The molecule has 2 aromatic rings. The summed E-state index contributed by atoms with van der Waals surface area (Å²) in [6.45, 7) is 1.93. The first-order valence-corrected chi connectivity index (χ1v) is 8.81. The smallest absolute Gasteiger partial charge is 0.246 e. The molecule has 1 N–H and O–H groups in total. The topological polar surface area (TPSA) is 58.6 Å². The van der Waals surface area contributed by atoms with Crippen LogP contribution < -0.4 is 10.1 Å². The molecule has 0 saturated carbocycles. The van der Waals surface area contributed by atoms with Crippen molar-refractivity contribution in [2.24, 2.45) is 0 Å². The Kier molecular flexibility index (Phi) is 6.97. The van der Waals surface area contributed by atoms with Crippen molar-refractivity contribution in [2.75, 3.05) is 26.0 Å². The number of halogens is 1. The van der Waals surface area contributed by atoms with Gasteiger partial charge in [0.15, 0.2) is 0 Å². The van der Waals surface area contributed by atoms with Crippen LogP contribution in [0.3, 0.4) is 0 Å². The zero-order valence-electron chi connectivity index (χ0n) is 15.0. The molecule has 26 heavy (non-hydrogen) atoms. The number of rotatable bonds is 6. The number of nitrogens with zero attached hydrogens (tertiary/aromatic N) is 1. The fourth-order valence-electron chi connectivity index (χ4n) is 2.24. The lowest BCUT2D eigenvalue weighted by Crippen LogP contribution is -2.33. The normalized spacial score (nSPS) is 10.6. The number of carbonyl (C=O) groups excluding carboxylic acids is 2. The number of hydrogen-bond acceptors (Lipinski definition) is 3. The molecule has 0 spiro atoms. The Balaban J connectivity index is 1.93. The molecular formula is C20H21BrN2O3. The van der Waals surface area contributed by atoms with Gasteiger partial charge >= 0.3 is 0 Å². The second kappa shape index (κ2) is 9.20. The van der Waals surface area contributed by atoms with Crippen LogP contribution in [0.1, 0.15) is 11.1 Å². The first-order valence-electron chi connectivity index (χ1n) is 8.02. The fourth-order valence-corrected chi connectivity index (χ4v) is 2.84. The third-order valence-electron chi connectivity index (χ3n) is 3.67. The molecule has 0 heterocycles. The molecule has 0 aliphatic rings. The molecule has 0 fully saturated rings. The first-order chi connectivity index (χ1) is 12.4. The maximum atomic E-state index is 12.2. The number of likely N-dealkylation sites (N-methyl/N-ethyl adjacent to an activating group) is 1. The number of ether oxygens (including phenoxy) is 1. The minimum atomic E-state index is -0.264. The molecule has 5 nitrogen and oxygen atoms in total. The predicted molar refractivity (Wildman–Crippen MR) is 107 cm³/mol. The second-order valence-corrected chi connectivity index (χ2v) is 6.69. The van der Waals surface area contributed by atoms with Gasteiger partial charge in [-0.3, -0.25) is 9.59 Å². The summed E-state index contributed by atoms with van der Waals surface area (Å²) in [5, 5.41) is 2.79. The lowest BCUT2D eigenvalue weighted by Gasteiger charge is -2.15. The van der Waals surface area contributed by atoms with E-state index in [0.29, 0.717) is 5.69 Å². The van der Waals surface area contributed by atoms with E-state index in [-0.39, 0.29) is 18.4 Å². The van der Waals surface area contributed by atoms with Crippen molar-refractivity contribution in [1.82, 2.24) is 4.90 Å². The monoisotopic (exact) mass is 416 g/mol. The number of nitrogens with one attached hydrogen (secondary N) is 1. The molecule has 2 aromatic carbocycles. The number of benzene rings is 2. The van der Waals surface area contributed by atoms with Gasteiger partial charge < -0.3 is 15.0 Å². The van der Waals surface area contributed by atoms with Gasteiger partial charge in [-0.1, -0.05) is 18.2 Å². The predicted octanol–water partition coefficient (Wildman–Crippen LogP) is 3.88. The van der Waals surface area contributed by atoms with Crippen molar-refractivity contribution in [3.63, 3.8) is 0 Å². The Morgan fingerprint density at radius 2 is 2.00 bits per heavy atom. The van der Waals surface area contributed by atoms with Gasteiger partial charge in [0.05, 0.1) is 19.3 Å². The molecule has 0 unspecified atom stereocenters. The minimum Gasteiger partial charge on any atom is -0.497 e. The molecule has 0 aliphatic carbocycles. The highest BCUT2D eigenvalue weighted by atomic mass is 79.9. The van der Waals surface area contributed by atoms with Gasteiger partial charge in [0, 0.05) is 17.6 Å². The first kappa shape index (κ1) is 19.7. The van der Waals surface area contributed by atoms with E-state index in [1.807, 2.05) is 49.4 Å². The van der Waals surface area contributed by atoms with E-state index in [9.17, 15) is 9.59 Å². The average molecular weight is 417 g/mol. The van der Waals surface area contributed by atoms with Gasteiger partial charge in [-0.25, -0.2) is 0 Å². The van der Waals surface area contributed by atoms with Gasteiger partial charge in [0.25, 0.3) is 0 Å². The number of amides is 2. The summed E-state index contributed by atoms with van der Waals surface area (Å²) in [5.74, 6) is 0.196. The van der Waals surface area contributed by atoms with Crippen molar-refractivity contribution in [3.8, 4) is 5.75 Å². The van der Waals surface area contributed by atoms with Crippen LogP contribution in [-0.2, 0) is 9.59 Å². The van der Waals surface area contributed by atoms with Crippen molar-refractivity contribution >= 4 is 39.5 Å². The Morgan fingerprint density at radius 3 is 2.69 bits per heavy atom. The zero-order chi connectivity index (χ0) is 19.1. The summed E-state index contributed by atoms with van der Waals surface area (Å²) in [6.07, 6.45) is 3.12. The SMILES string of the molecule is COc1cccc(/C=C/C(=O)N(C)CC(=O)Nc2ccc(C)cc2Br)c1. The number of methoxy groups -OCH3 is 1. The highest BCUT2D eigenvalue weighted by Crippen LogP contribution is 2.23. The lowest BCUT2D eigenvalue weighted by atomic mass is 10.2. The highest BCUT2D eigenvalue weighted by molar-refractivity contribution is 9.10. The molecule has 0 radical (unpaired) electrons. The largest absolute Gasteiger partial charge is 0.497 e. The minimum absolute atomic E-state index is 0.0401. The molecule has 2 amide bonds. The average Bonchev–Trinajstić information content (AvgIpc) is 2.62. The summed E-state index contributed by atoms with van der Waals surface area (Å²) < 4.78 is 5.95. The Bertz CT molecular complexity index is 834. The summed E-state index contributed by atoms with van der Waals surface area (Å²) in [7, 11) is 3.18. The molecular weight excluding hydrogens is 396 g/mol. The number of anilines is 1. The van der Waals surface area contributed by atoms with Crippen LogP contribution >= 0.6 is 15.9 Å². The number of aryl methyl sites for hydroxylation is 1. The molecule has 2 rings (SSSR count). The third kappa shape index (κ3) is 5.74. The van der Waals surface area contributed by atoms with E-state index in [1.54, 1.807) is 20.2 Å². The van der Waals surface area contributed by atoms with E-state index >= 15 is 0 Å². The van der Waals surface area contributed by atoms with Crippen LogP contribution in [-0.4, -0.2) is 37.4 Å². The lowest BCUT2D eigenvalue weighted by molar-refractivity contribution is -0.129. The standard InChI is InChI=1S/C20H21BrN2O3/c1-14-7-9-18(17(21)11-14)22-19(24)13-23(2)20(25)10-8-15-5-4-6-16(12-15)26-3/h4-12H,13H2,1-3H3,(H,22,24)/b10-8+. The van der Waals surface area contributed by atoms with Crippen molar-refractivity contribution < 1.29 is 14.3 Å². The molecule has 0 aromatic heterocycles.